The normalized spacial score (nSPS) is 40.1. The van der Waals surface area contributed by atoms with E-state index in [1.807, 2.05) is 0 Å². The van der Waals surface area contributed by atoms with Crippen LogP contribution in [-0.4, -0.2) is 5.92 Å². The minimum atomic E-state index is -2.49. The first-order valence-electron chi connectivity index (χ1n) is 7.24. The van der Waals surface area contributed by atoms with Gasteiger partial charge < -0.3 is 0 Å². The van der Waals surface area contributed by atoms with Crippen molar-refractivity contribution in [3.8, 4) is 6.07 Å². The number of hydrogen-bond acceptors (Lipinski definition) is 1. The van der Waals surface area contributed by atoms with Gasteiger partial charge in [-0.2, -0.15) is 5.26 Å². The highest BCUT2D eigenvalue weighted by Crippen LogP contribution is 2.48. The van der Waals surface area contributed by atoms with E-state index in [1.54, 1.807) is 0 Å². The molecule has 0 saturated heterocycles. The van der Waals surface area contributed by atoms with Crippen LogP contribution in [0.1, 0.15) is 64.7 Å². The highest BCUT2D eigenvalue weighted by atomic mass is 19.3. The fraction of sp³-hybridized carbons (Fsp3) is 0.933. The minimum absolute atomic E-state index is 0.00477. The molecular weight excluding hydrogens is 232 g/mol. The predicted molar refractivity (Wildman–Crippen MR) is 67.2 cm³/mol. The van der Waals surface area contributed by atoms with E-state index in [0.717, 1.165) is 25.7 Å². The lowest BCUT2D eigenvalue weighted by molar-refractivity contribution is -0.0593. The molecule has 2 aliphatic rings. The Hall–Kier alpha value is -0.650. The Bertz CT molecular complexity index is 334. The van der Waals surface area contributed by atoms with E-state index >= 15 is 0 Å². The van der Waals surface area contributed by atoms with Gasteiger partial charge in [0.25, 0.3) is 0 Å². The largest absolute Gasteiger partial charge is 0.248 e. The van der Waals surface area contributed by atoms with Crippen molar-refractivity contribution in [1.82, 2.24) is 0 Å². The molecule has 0 aliphatic heterocycles. The van der Waals surface area contributed by atoms with E-state index < -0.39 is 5.92 Å². The minimum Gasteiger partial charge on any atom is -0.207 e. The molecule has 2 rings (SSSR count). The topological polar surface area (TPSA) is 23.8 Å². The summed E-state index contributed by atoms with van der Waals surface area (Å²) in [4.78, 5) is 0. The van der Waals surface area contributed by atoms with Gasteiger partial charge in [-0.05, 0) is 43.9 Å². The number of alkyl halides is 2. The van der Waals surface area contributed by atoms with Crippen LogP contribution >= 0.6 is 0 Å². The van der Waals surface area contributed by atoms with Crippen LogP contribution in [0.25, 0.3) is 0 Å². The molecule has 0 bridgehead atoms. The summed E-state index contributed by atoms with van der Waals surface area (Å²) in [5, 5.41) is 9.48. The molecule has 0 N–H and O–H groups in total. The monoisotopic (exact) mass is 255 g/mol. The summed E-state index contributed by atoms with van der Waals surface area (Å²) in [7, 11) is 0. The van der Waals surface area contributed by atoms with E-state index in [9.17, 15) is 14.0 Å². The summed E-state index contributed by atoms with van der Waals surface area (Å²) >= 11 is 0. The standard InChI is InChI=1S/C15H23F2N/c1-12-4-2-6-14(8-12,11-18)9-13-5-3-7-15(16,17)10-13/h12-13H,2-10H2,1H3. The third kappa shape index (κ3) is 3.22. The molecule has 0 spiro atoms. The van der Waals surface area contributed by atoms with Gasteiger partial charge in [-0.25, -0.2) is 8.78 Å². The predicted octanol–water partition coefficient (Wildman–Crippen LogP) is 4.92. The summed E-state index contributed by atoms with van der Waals surface area (Å²) in [6, 6.07) is 2.48. The van der Waals surface area contributed by atoms with Crippen molar-refractivity contribution in [3.05, 3.63) is 0 Å². The average molecular weight is 255 g/mol. The summed E-state index contributed by atoms with van der Waals surface area (Å²) in [5.74, 6) is -1.86. The molecule has 0 aromatic rings. The van der Waals surface area contributed by atoms with Gasteiger partial charge in [-0.3, -0.25) is 0 Å². The molecule has 0 heterocycles. The number of nitriles is 1. The zero-order valence-corrected chi connectivity index (χ0v) is 11.2. The molecule has 1 nitrogen and oxygen atoms in total. The summed E-state index contributed by atoms with van der Waals surface area (Å²) < 4.78 is 26.9. The zero-order chi connectivity index (χ0) is 13.2. The van der Waals surface area contributed by atoms with Gasteiger partial charge in [0.15, 0.2) is 0 Å². The maximum absolute atomic E-state index is 13.4. The van der Waals surface area contributed by atoms with Crippen molar-refractivity contribution in [2.75, 3.05) is 0 Å². The van der Waals surface area contributed by atoms with Crippen molar-refractivity contribution in [3.63, 3.8) is 0 Å². The Balaban J connectivity index is 2.00. The summed E-state index contributed by atoms with van der Waals surface area (Å²) in [5.41, 5.74) is -0.310. The fourth-order valence-corrected chi connectivity index (χ4v) is 4.00. The maximum Gasteiger partial charge on any atom is 0.248 e. The van der Waals surface area contributed by atoms with E-state index in [0.29, 0.717) is 18.8 Å². The molecule has 3 atom stereocenters. The molecular formula is C15H23F2N. The molecule has 0 amide bonds. The smallest absolute Gasteiger partial charge is 0.207 e. The number of rotatable bonds is 2. The highest BCUT2D eigenvalue weighted by Gasteiger charge is 2.42. The van der Waals surface area contributed by atoms with Gasteiger partial charge in [0.1, 0.15) is 0 Å². The van der Waals surface area contributed by atoms with Crippen molar-refractivity contribution >= 4 is 0 Å². The first-order chi connectivity index (χ1) is 8.45. The van der Waals surface area contributed by atoms with Gasteiger partial charge >= 0.3 is 0 Å². The number of hydrogen-bond donors (Lipinski definition) is 0. The highest BCUT2D eigenvalue weighted by molar-refractivity contribution is 5.03. The van der Waals surface area contributed by atoms with Crippen LogP contribution in [-0.2, 0) is 0 Å². The van der Waals surface area contributed by atoms with Crippen LogP contribution in [0, 0.1) is 28.6 Å². The van der Waals surface area contributed by atoms with Crippen molar-refractivity contribution < 1.29 is 8.78 Å². The van der Waals surface area contributed by atoms with Gasteiger partial charge in [0, 0.05) is 12.8 Å². The van der Waals surface area contributed by atoms with Crippen molar-refractivity contribution in [2.45, 2.75) is 70.6 Å². The third-order valence-corrected chi connectivity index (χ3v) is 4.75. The van der Waals surface area contributed by atoms with Gasteiger partial charge in [0.2, 0.25) is 5.92 Å². The molecule has 2 fully saturated rings. The van der Waals surface area contributed by atoms with Crippen LogP contribution < -0.4 is 0 Å². The van der Waals surface area contributed by atoms with Crippen molar-refractivity contribution in [2.24, 2.45) is 17.3 Å². The Morgan fingerprint density at radius 1 is 1.17 bits per heavy atom. The zero-order valence-electron chi connectivity index (χ0n) is 11.2. The van der Waals surface area contributed by atoms with Gasteiger partial charge in [-0.1, -0.05) is 19.8 Å². The third-order valence-electron chi connectivity index (χ3n) is 4.75. The van der Waals surface area contributed by atoms with E-state index in [2.05, 4.69) is 13.0 Å². The lowest BCUT2D eigenvalue weighted by Crippen LogP contribution is -2.33. The molecule has 3 heteroatoms. The van der Waals surface area contributed by atoms with E-state index in [1.165, 1.54) is 6.42 Å². The second kappa shape index (κ2) is 5.15. The first kappa shape index (κ1) is 13.8. The molecule has 2 saturated carbocycles. The molecule has 0 radical (unpaired) electrons. The van der Waals surface area contributed by atoms with Gasteiger partial charge in [0.05, 0.1) is 11.5 Å². The number of nitrogens with zero attached hydrogens (tertiary/aromatic N) is 1. The lowest BCUT2D eigenvalue weighted by atomic mass is 9.65. The average Bonchev–Trinajstić information content (AvgIpc) is 2.27. The van der Waals surface area contributed by atoms with Crippen LogP contribution in [0.15, 0.2) is 0 Å². The summed E-state index contributed by atoms with van der Waals surface area (Å²) in [6.45, 7) is 2.18. The van der Waals surface area contributed by atoms with Crippen LogP contribution in [0.2, 0.25) is 0 Å². The van der Waals surface area contributed by atoms with Gasteiger partial charge in [-0.15, -0.1) is 0 Å². The first-order valence-corrected chi connectivity index (χ1v) is 7.24. The summed E-state index contributed by atoms with van der Waals surface area (Å²) in [6.07, 6.45) is 6.33. The Kier molecular flexibility index (Phi) is 3.94. The molecule has 0 aromatic heterocycles. The molecule has 2 aliphatic carbocycles. The Labute approximate surface area is 109 Å². The SMILES string of the molecule is CC1CCCC(C#N)(CC2CCCC(F)(F)C2)C1. The van der Waals surface area contributed by atoms with E-state index in [-0.39, 0.29) is 24.2 Å². The number of halogens is 2. The lowest BCUT2D eigenvalue weighted by Gasteiger charge is -2.39. The molecule has 3 unspecified atom stereocenters. The van der Waals surface area contributed by atoms with Crippen LogP contribution in [0.3, 0.4) is 0 Å². The maximum atomic E-state index is 13.4. The quantitative estimate of drug-likeness (QED) is 0.687. The molecule has 0 aromatic carbocycles. The van der Waals surface area contributed by atoms with Crippen LogP contribution in [0.4, 0.5) is 8.78 Å². The Morgan fingerprint density at radius 2 is 1.89 bits per heavy atom. The van der Waals surface area contributed by atoms with Crippen molar-refractivity contribution in [1.29, 1.82) is 5.26 Å². The van der Waals surface area contributed by atoms with E-state index in [4.69, 9.17) is 0 Å². The Morgan fingerprint density at radius 3 is 2.50 bits per heavy atom. The second-order valence-electron chi connectivity index (χ2n) is 6.62. The molecule has 18 heavy (non-hydrogen) atoms. The molecule has 102 valence electrons. The van der Waals surface area contributed by atoms with Crippen LogP contribution in [0.5, 0.6) is 0 Å². The fourth-order valence-electron chi connectivity index (χ4n) is 4.00. The second-order valence-corrected chi connectivity index (χ2v) is 6.62.